The SMILES string of the molecule is Cc1ccc(-c2nnc(S[C@@H](C)C(=O)NC(C)C)n2-c2ccc(C)cc2)cc1. The van der Waals surface area contributed by atoms with Gasteiger partial charge in [-0.05, 0) is 46.8 Å². The number of aromatic nitrogens is 3. The lowest BCUT2D eigenvalue weighted by Crippen LogP contribution is -2.36. The van der Waals surface area contributed by atoms with Gasteiger partial charge in [0.25, 0.3) is 0 Å². The van der Waals surface area contributed by atoms with Gasteiger partial charge in [0.15, 0.2) is 11.0 Å². The van der Waals surface area contributed by atoms with Crippen LogP contribution in [0.5, 0.6) is 0 Å². The first-order chi connectivity index (χ1) is 13.3. The Morgan fingerprint density at radius 3 is 2.07 bits per heavy atom. The molecule has 146 valence electrons. The molecule has 0 aliphatic carbocycles. The summed E-state index contributed by atoms with van der Waals surface area (Å²) in [6.07, 6.45) is 0. The van der Waals surface area contributed by atoms with Gasteiger partial charge in [0.1, 0.15) is 0 Å². The lowest BCUT2D eigenvalue weighted by atomic mass is 10.1. The minimum atomic E-state index is -0.276. The van der Waals surface area contributed by atoms with Crippen LogP contribution in [0.3, 0.4) is 0 Å². The van der Waals surface area contributed by atoms with E-state index in [0.717, 1.165) is 17.1 Å². The van der Waals surface area contributed by atoms with E-state index in [1.807, 2.05) is 37.5 Å². The molecule has 0 radical (unpaired) electrons. The molecular weight excluding hydrogens is 368 g/mol. The lowest BCUT2D eigenvalue weighted by molar-refractivity contribution is -0.120. The van der Waals surface area contributed by atoms with Crippen molar-refractivity contribution in [3.8, 4) is 17.1 Å². The van der Waals surface area contributed by atoms with Crippen molar-refractivity contribution in [1.82, 2.24) is 20.1 Å². The summed E-state index contributed by atoms with van der Waals surface area (Å²) >= 11 is 1.42. The zero-order valence-electron chi connectivity index (χ0n) is 16.9. The van der Waals surface area contributed by atoms with E-state index in [0.29, 0.717) is 5.16 Å². The second-order valence-corrected chi connectivity index (χ2v) is 8.57. The Morgan fingerprint density at radius 1 is 0.929 bits per heavy atom. The maximum absolute atomic E-state index is 12.4. The van der Waals surface area contributed by atoms with Gasteiger partial charge < -0.3 is 5.32 Å². The maximum atomic E-state index is 12.4. The number of benzene rings is 2. The number of carbonyl (C=O) groups is 1. The highest BCUT2D eigenvalue weighted by Crippen LogP contribution is 2.30. The summed E-state index contributed by atoms with van der Waals surface area (Å²) < 4.78 is 2.02. The van der Waals surface area contributed by atoms with Gasteiger partial charge >= 0.3 is 0 Å². The number of thioether (sulfide) groups is 1. The molecule has 0 fully saturated rings. The van der Waals surface area contributed by atoms with Gasteiger partial charge in [0.05, 0.1) is 5.25 Å². The molecule has 2 aromatic carbocycles. The molecule has 3 rings (SSSR count). The molecule has 1 atom stereocenters. The van der Waals surface area contributed by atoms with Crippen LogP contribution >= 0.6 is 11.8 Å². The van der Waals surface area contributed by atoms with E-state index in [1.165, 1.54) is 22.9 Å². The van der Waals surface area contributed by atoms with Crippen molar-refractivity contribution >= 4 is 17.7 Å². The van der Waals surface area contributed by atoms with Crippen LogP contribution < -0.4 is 5.32 Å². The van der Waals surface area contributed by atoms with Gasteiger partial charge in [-0.1, -0.05) is 59.3 Å². The van der Waals surface area contributed by atoms with Crippen molar-refractivity contribution in [2.75, 3.05) is 0 Å². The molecule has 0 saturated carbocycles. The highest BCUT2D eigenvalue weighted by Gasteiger charge is 2.22. The monoisotopic (exact) mass is 394 g/mol. The molecule has 0 aliphatic rings. The molecule has 28 heavy (non-hydrogen) atoms. The highest BCUT2D eigenvalue weighted by atomic mass is 32.2. The smallest absolute Gasteiger partial charge is 0.233 e. The molecule has 0 unspecified atom stereocenters. The zero-order chi connectivity index (χ0) is 20.3. The Bertz CT molecular complexity index is 946. The lowest BCUT2D eigenvalue weighted by Gasteiger charge is -2.15. The normalized spacial score (nSPS) is 12.2. The van der Waals surface area contributed by atoms with Crippen molar-refractivity contribution < 1.29 is 4.79 Å². The predicted molar refractivity (Wildman–Crippen MR) is 115 cm³/mol. The number of amides is 1. The highest BCUT2D eigenvalue weighted by molar-refractivity contribution is 8.00. The minimum absolute atomic E-state index is 0.00431. The molecule has 0 spiro atoms. The van der Waals surface area contributed by atoms with E-state index in [-0.39, 0.29) is 17.2 Å². The Balaban J connectivity index is 2.01. The van der Waals surface area contributed by atoms with Crippen LogP contribution in [0.2, 0.25) is 0 Å². The van der Waals surface area contributed by atoms with Gasteiger partial charge in [0.2, 0.25) is 5.91 Å². The van der Waals surface area contributed by atoms with Gasteiger partial charge in [-0.3, -0.25) is 9.36 Å². The van der Waals surface area contributed by atoms with E-state index in [9.17, 15) is 4.79 Å². The summed E-state index contributed by atoms with van der Waals surface area (Å²) in [5.41, 5.74) is 4.35. The number of hydrogen-bond acceptors (Lipinski definition) is 4. The summed E-state index contributed by atoms with van der Waals surface area (Å²) in [6, 6.07) is 16.6. The standard InChI is InChI=1S/C22H26N4OS/c1-14(2)23-21(27)17(5)28-22-25-24-20(18-10-6-15(3)7-11-18)26(22)19-12-8-16(4)9-13-19/h6-14,17H,1-5H3,(H,23,27)/t17-/m0/s1. The van der Waals surface area contributed by atoms with E-state index < -0.39 is 0 Å². The first-order valence-corrected chi connectivity index (χ1v) is 10.3. The average molecular weight is 395 g/mol. The van der Waals surface area contributed by atoms with Crippen molar-refractivity contribution in [2.24, 2.45) is 0 Å². The number of carbonyl (C=O) groups excluding carboxylic acids is 1. The third-order valence-electron chi connectivity index (χ3n) is 4.32. The molecule has 1 N–H and O–H groups in total. The Kier molecular flexibility index (Phi) is 6.19. The molecule has 0 bridgehead atoms. The Hall–Kier alpha value is -2.60. The van der Waals surface area contributed by atoms with Crippen LogP contribution in [0.1, 0.15) is 31.9 Å². The molecule has 0 aliphatic heterocycles. The number of rotatable bonds is 6. The molecular formula is C22H26N4OS. The third kappa shape index (κ3) is 4.62. The predicted octanol–water partition coefficient (Wildman–Crippen LogP) is 4.56. The number of aryl methyl sites for hydroxylation is 2. The van der Waals surface area contributed by atoms with E-state index in [4.69, 9.17) is 0 Å². The summed E-state index contributed by atoms with van der Waals surface area (Å²) in [4.78, 5) is 12.4. The van der Waals surface area contributed by atoms with E-state index in [1.54, 1.807) is 0 Å². The average Bonchev–Trinajstić information content (AvgIpc) is 3.06. The minimum Gasteiger partial charge on any atom is -0.353 e. The van der Waals surface area contributed by atoms with Crippen LogP contribution in [0.25, 0.3) is 17.1 Å². The largest absolute Gasteiger partial charge is 0.353 e. The van der Waals surface area contributed by atoms with E-state index in [2.05, 4.69) is 65.8 Å². The molecule has 1 aromatic heterocycles. The summed E-state index contributed by atoms with van der Waals surface area (Å²) in [5.74, 6) is 0.762. The van der Waals surface area contributed by atoms with Crippen LogP contribution in [-0.4, -0.2) is 32.0 Å². The van der Waals surface area contributed by atoms with Crippen LogP contribution in [0, 0.1) is 13.8 Å². The summed E-state index contributed by atoms with van der Waals surface area (Å²) in [5, 5.41) is 12.2. The van der Waals surface area contributed by atoms with Crippen LogP contribution in [0.4, 0.5) is 0 Å². The second-order valence-electron chi connectivity index (χ2n) is 7.27. The second kappa shape index (κ2) is 8.61. The first-order valence-electron chi connectivity index (χ1n) is 9.41. The van der Waals surface area contributed by atoms with Crippen molar-refractivity contribution in [3.05, 3.63) is 59.7 Å². The first kappa shape index (κ1) is 20.1. The number of hydrogen-bond donors (Lipinski definition) is 1. The van der Waals surface area contributed by atoms with Crippen molar-refractivity contribution in [3.63, 3.8) is 0 Å². The zero-order valence-corrected chi connectivity index (χ0v) is 17.7. The Labute approximate surface area is 170 Å². The fraction of sp³-hybridized carbons (Fsp3) is 0.318. The molecule has 1 heterocycles. The molecule has 1 amide bonds. The van der Waals surface area contributed by atoms with Gasteiger partial charge in [-0.25, -0.2) is 0 Å². The third-order valence-corrected chi connectivity index (χ3v) is 5.36. The fourth-order valence-corrected chi connectivity index (χ4v) is 3.65. The molecule has 3 aromatic rings. The molecule has 5 nitrogen and oxygen atoms in total. The fourth-order valence-electron chi connectivity index (χ4n) is 2.78. The van der Waals surface area contributed by atoms with Gasteiger partial charge in [-0.2, -0.15) is 0 Å². The number of nitrogens with one attached hydrogen (secondary N) is 1. The van der Waals surface area contributed by atoms with Crippen molar-refractivity contribution in [2.45, 2.75) is 51.1 Å². The topological polar surface area (TPSA) is 59.8 Å². The van der Waals surface area contributed by atoms with Crippen LogP contribution in [-0.2, 0) is 4.79 Å². The Morgan fingerprint density at radius 2 is 1.50 bits per heavy atom. The van der Waals surface area contributed by atoms with Gasteiger partial charge in [-0.15, -0.1) is 10.2 Å². The van der Waals surface area contributed by atoms with E-state index >= 15 is 0 Å². The van der Waals surface area contributed by atoms with Gasteiger partial charge in [0, 0.05) is 17.3 Å². The number of nitrogens with zero attached hydrogens (tertiary/aromatic N) is 3. The maximum Gasteiger partial charge on any atom is 0.233 e. The van der Waals surface area contributed by atoms with Crippen LogP contribution in [0.15, 0.2) is 53.7 Å². The molecule has 6 heteroatoms. The van der Waals surface area contributed by atoms with Crippen molar-refractivity contribution in [1.29, 1.82) is 0 Å². The molecule has 0 saturated heterocycles. The summed E-state index contributed by atoms with van der Waals surface area (Å²) in [6.45, 7) is 9.93. The quantitative estimate of drug-likeness (QED) is 0.623. The summed E-state index contributed by atoms with van der Waals surface area (Å²) in [7, 11) is 0.